The van der Waals surface area contributed by atoms with Crippen molar-refractivity contribution in [3.05, 3.63) is 102 Å². The predicted molar refractivity (Wildman–Crippen MR) is 202 cm³/mol. The SMILES string of the molecule is Cc1ccc(N=C(CC(=N)C(C)(C)C)NC(=O)Nc2ccc(Sc3ccc(=N)n(C(=N)c4cccc(OCCN5CCOCC5)c4)c3)nc2)cc1. The van der Waals surface area contributed by atoms with Gasteiger partial charge in [-0.2, -0.15) is 0 Å². The van der Waals surface area contributed by atoms with Gasteiger partial charge in [-0.25, -0.2) is 14.8 Å². The van der Waals surface area contributed by atoms with E-state index in [4.69, 9.17) is 25.7 Å². The van der Waals surface area contributed by atoms with Crippen LogP contribution in [0.5, 0.6) is 5.75 Å². The van der Waals surface area contributed by atoms with E-state index in [1.54, 1.807) is 30.6 Å². The Bertz CT molecular complexity index is 1930. The minimum Gasteiger partial charge on any atom is -0.492 e. The molecule has 51 heavy (non-hydrogen) atoms. The van der Waals surface area contributed by atoms with Crippen molar-refractivity contribution < 1.29 is 14.3 Å². The summed E-state index contributed by atoms with van der Waals surface area (Å²) in [6.45, 7) is 12.5. The highest BCUT2D eigenvalue weighted by molar-refractivity contribution is 7.99. The molecule has 12 nitrogen and oxygen atoms in total. The minimum absolute atomic E-state index is 0.155. The Hall–Kier alpha value is -5.11. The molecule has 5 rings (SSSR count). The molecule has 0 atom stereocenters. The van der Waals surface area contributed by atoms with Gasteiger partial charge in [-0.05, 0) is 60.9 Å². The van der Waals surface area contributed by atoms with Crippen LogP contribution in [-0.2, 0) is 4.74 Å². The number of carbonyl (C=O) groups is 1. The Labute approximate surface area is 302 Å². The average Bonchev–Trinajstić information content (AvgIpc) is 3.11. The number of hydrogen-bond donors (Lipinski definition) is 5. The van der Waals surface area contributed by atoms with Crippen molar-refractivity contribution in [2.24, 2.45) is 10.4 Å². The number of carbonyl (C=O) groups excluding carboxylic acids is 1. The topological polar surface area (TPSA) is 165 Å². The minimum atomic E-state index is -0.484. The summed E-state index contributed by atoms with van der Waals surface area (Å²) in [7, 11) is 0. The van der Waals surface area contributed by atoms with Gasteiger partial charge in [0, 0.05) is 48.4 Å². The van der Waals surface area contributed by atoms with Crippen LogP contribution in [0.2, 0.25) is 0 Å². The lowest BCUT2D eigenvalue weighted by Gasteiger charge is -2.26. The number of nitrogens with zero attached hydrogens (tertiary/aromatic N) is 4. The zero-order valence-electron chi connectivity index (χ0n) is 29.5. The van der Waals surface area contributed by atoms with Crippen LogP contribution in [0.4, 0.5) is 16.2 Å². The Morgan fingerprint density at radius 1 is 1.04 bits per heavy atom. The molecule has 0 unspecified atom stereocenters. The predicted octanol–water partition coefficient (Wildman–Crippen LogP) is 6.71. The summed E-state index contributed by atoms with van der Waals surface area (Å²) in [6.07, 6.45) is 3.50. The molecule has 266 valence electrons. The van der Waals surface area contributed by atoms with Gasteiger partial charge in [0.2, 0.25) is 0 Å². The number of benzene rings is 2. The van der Waals surface area contributed by atoms with Crippen LogP contribution >= 0.6 is 11.8 Å². The lowest BCUT2D eigenvalue weighted by molar-refractivity contribution is 0.0322. The third-order valence-corrected chi connectivity index (χ3v) is 9.00. The van der Waals surface area contributed by atoms with Crippen molar-refractivity contribution >= 4 is 46.6 Å². The molecular weight excluding hydrogens is 663 g/mol. The number of aliphatic imine (C=N–C) groups is 1. The normalized spacial score (nSPS) is 13.8. The molecule has 0 saturated carbocycles. The van der Waals surface area contributed by atoms with Gasteiger partial charge >= 0.3 is 6.03 Å². The molecule has 0 aliphatic carbocycles. The number of amidine groups is 1. The first kappa shape index (κ1) is 37.2. The first-order chi connectivity index (χ1) is 24.4. The number of urea groups is 1. The number of aromatic nitrogens is 2. The number of pyridine rings is 2. The molecule has 5 N–H and O–H groups in total. The Balaban J connectivity index is 1.20. The van der Waals surface area contributed by atoms with Crippen LogP contribution in [0.15, 0.2) is 100 Å². The lowest BCUT2D eigenvalue weighted by atomic mass is 9.88. The second kappa shape index (κ2) is 17.2. The molecule has 13 heteroatoms. The maximum atomic E-state index is 13.0. The molecule has 0 bridgehead atoms. The van der Waals surface area contributed by atoms with Gasteiger partial charge in [0.05, 0.1) is 30.8 Å². The van der Waals surface area contributed by atoms with Crippen molar-refractivity contribution in [3.63, 3.8) is 0 Å². The summed E-state index contributed by atoms with van der Waals surface area (Å²) >= 11 is 1.38. The third kappa shape index (κ3) is 11.2. The molecule has 3 heterocycles. The summed E-state index contributed by atoms with van der Waals surface area (Å²) in [5.41, 5.74) is 3.17. The van der Waals surface area contributed by atoms with Gasteiger partial charge in [-0.1, -0.05) is 62.4 Å². The van der Waals surface area contributed by atoms with Crippen LogP contribution in [0.25, 0.3) is 0 Å². The zero-order chi connectivity index (χ0) is 36.4. The van der Waals surface area contributed by atoms with Crippen molar-refractivity contribution in [3.8, 4) is 5.75 Å². The van der Waals surface area contributed by atoms with Gasteiger partial charge in [-0.15, -0.1) is 0 Å². The molecule has 0 spiro atoms. The highest BCUT2D eigenvalue weighted by Crippen LogP contribution is 2.26. The fraction of sp³-hybridized carbons (Fsp3) is 0.316. The van der Waals surface area contributed by atoms with Crippen molar-refractivity contribution in [1.82, 2.24) is 19.8 Å². The van der Waals surface area contributed by atoms with E-state index in [2.05, 4.69) is 25.5 Å². The maximum Gasteiger partial charge on any atom is 0.324 e. The Morgan fingerprint density at radius 2 is 1.80 bits per heavy atom. The molecule has 1 aliphatic rings. The molecule has 1 aliphatic heterocycles. The van der Waals surface area contributed by atoms with E-state index in [-0.39, 0.29) is 23.2 Å². The Kier molecular flexibility index (Phi) is 12.5. The van der Waals surface area contributed by atoms with E-state index in [0.29, 0.717) is 45.9 Å². The van der Waals surface area contributed by atoms with Crippen LogP contribution < -0.4 is 20.9 Å². The van der Waals surface area contributed by atoms with Crippen LogP contribution in [-0.4, -0.2) is 77.3 Å². The smallest absolute Gasteiger partial charge is 0.324 e. The van der Waals surface area contributed by atoms with Gasteiger partial charge in [0.15, 0.2) is 0 Å². The number of rotatable bonds is 11. The van der Waals surface area contributed by atoms with E-state index in [1.165, 1.54) is 16.3 Å². The highest BCUT2D eigenvalue weighted by atomic mass is 32.2. The van der Waals surface area contributed by atoms with Gasteiger partial charge in [0.25, 0.3) is 0 Å². The molecule has 4 aromatic rings. The molecule has 1 fully saturated rings. The van der Waals surface area contributed by atoms with Gasteiger partial charge in [0.1, 0.15) is 34.5 Å². The largest absolute Gasteiger partial charge is 0.492 e. The number of ether oxygens (including phenoxy) is 2. The molecule has 1 saturated heterocycles. The highest BCUT2D eigenvalue weighted by Gasteiger charge is 2.20. The number of anilines is 1. The van der Waals surface area contributed by atoms with E-state index in [1.807, 2.05) is 82.3 Å². The van der Waals surface area contributed by atoms with Crippen molar-refractivity contribution in [2.45, 2.75) is 44.0 Å². The van der Waals surface area contributed by atoms with Crippen molar-refractivity contribution in [1.29, 1.82) is 16.2 Å². The number of hydrogen-bond acceptors (Lipinski definition) is 10. The van der Waals surface area contributed by atoms with E-state index in [9.17, 15) is 4.79 Å². The first-order valence-electron chi connectivity index (χ1n) is 16.8. The number of nitrogens with one attached hydrogen (secondary N) is 5. The number of morpholine rings is 1. The summed E-state index contributed by atoms with van der Waals surface area (Å²) in [6, 6.07) is 21.6. The fourth-order valence-corrected chi connectivity index (χ4v) is 5.74. The molecular formula is C38H45N9O3S. The maximum absolute atomic E-state index is 13.0. The fourth-order valence-electron chi connectivity index (χ4n) is 4.96. The van der Waals surface area contributed by atoms with Gasteiger partial charge < -0.3 is 20.2 Å². The molecule has 0 radical (unpaired) electrons. The van der Waals surface area contributed by atoms with Crippen LogP contribution in [0, 0.1) is 28.6 Å². The lowest BCUT2D eigenvalue weighted by Crippen LogP contribution is -2.38. The van der Waals surface area contributed by atoms with Crippen molar-refractivity contribution in [2.75, 3.05) is 44.8 Å². The average molecular weight is 708 g/mol. The van der Waals surface area contributed by atoms with Crippen LogP contribution in [0.3, 0.4) is 0 Å². The second-order valence-corrected chi connectivity index (χ2v) is 14.3. The third-order valence-electron chi connectivity index (χ3n) is 8.07. The Morgan fingerprint density at radius 3 is 2.51 bits per heavy atom. The molecule has 2 aromatic heterocycles. The summed E-state index contributed by atoms with van der Waals surface area (Å²) < 4.78 is 12.9. The standard InChI is InChI=1S/C38H45N9O3S/c1-26-8-10-28(11-9-26)43-34(23-32(39)38(2,3)4)45-37(48)44-29-12-15-35(42-24-29)51-31-13-14-33(40)47(25-31)36(41)27-6-5-7-30(22-27)50-21-18-46-16-19-49-20-17-46/h5-15,22,24-25,39-41H,16-21,23H2,1-4H3,(H2,43,44,45,48). The van der Waals surface area contributed by atoms with Gasteiger partial charge in [-0.3, -0.25) is 25.6 Å². The zero-order valence-corrected chi connectivity index (χ0v) is 30.3. The monoisotopic (exact) mass is 707 g/mol. The second-order valence-electron chi connectivity index (χ2n) is 13.2. The summed E-state index contributed by atoms with van der Waals surface area (Å²) in [5, 5.41) is 32.2. The van der Waals surface area contributed by atoms with Crippen LogP contribution in [0.1, 0.15) is 38.3 Å². The number of aryl methyl sites for hydroxylation is 1. The summed E-state index contributed by atoms with van der Waals surface area (Å²) in [4.78, 5) is 25.2. The van der Waals surface area contributed by atoms with E-state index in [0.717, 1.165) is 43.3 Å². The molecule has 2 aromatic carbocycles. The van der Waals surface area contributed by atoms with E-state index >= 15 is 0 Å². The first-order valence-corrected chi connectivity index (χ1v) is 17.6. The van der Waals surface area contributed by atoms with E-state index < -0.39 is 6.03 Å². The summed E-state index contributed by atoms with van der Waals surface area (Å²) in [5.74, 6) is 1.20. The molecule has 2 amide bonds. The number of amides is 2. The quantitative estimate of drug-likeness (QED) is 0.0859.